The Morgan fingerprint density at radius 3 is 2.96 bits per heavy atom. The van der Waals surface area contributed by atoms with Gasteiger partial charge in [-0.2, -0.15) is 5.10 Å². The Kier molecular flexibility index (Phi) is 5.96. The fourth-order valence-corrected chi connectivity index (χ4v) is 2.27. The zero-order valence-electron chi connectivity index (χ0n) is 13.7. The van der Waals surface area contributed by atoms with E-state index in [9.17, 15) is 4.79 Å². The molecule has 1 aromatic heterocycles. The van der Waals surface area contributed by atoms with E-state index in [4.69, 9.17) is 4.74 Å². The van der Waals surface area contributed by atoms with Crippen LogP contribution in [-0.2, 0) is 13.0 Å². The summed E-state index contributed by atoms with van der Waals surface area (Å²) in [5.74, 6) is 0.869. The van der Waals surface area contributed by atoms with E-state index >= 15 is 0 Å². The van der Waals surface area contributed by atoms with E-state index < -0.39 is 0 Å². The number of amides is 2. The van der Waals surface area contributed by atoms with Crippen molar-refractivity contribution in [3.63, 3.8) is 0 Å². The maximum atomic E-state index is 11.9. The molecule has 0 spiro atoms. The normalized spacial score (nSPS) is 11.8. The minimum atomic E-state index is -0.184. The number of methoxy groups -OCH3 is 1. The molecular formula is C16H23N5O2. The molecule has 2 amide bonds. The highest BCUT2D eigenvalue weighted by Gasteiger charge is 2.08. The number of nitrogens with zero attached hydrogens (tertiary/aromatic N) is 3. The summed E-state index contributed by atoms with van der Waals surface area (Å²) in [5.41, 5.74) is 2.23. The first-order valence-corrected chi connectivity index (χ1v) is 7.58. The number of ether oxygens (including phenoxy) is 1. The van der Waals surface area contributed by atoms with E-state index in [-0.39, 0.29) is 12.1 Å². The summed E-state index contributed by atoms with van der Waals surface area (Å²) < 4.78 is 6.99. The Hall–Kier alpha value is -2.57. The number of nitrogens with one attached hydrogen (secondary N) is 2. The van der Waals surface area contributed by atoms with Gasteiger partial charge in [0.25, 0.3) is 0 Å². The van der Waals surface area contributed by atoms with Crippen molar-refractivity contribution in [3.05, 3.63) is 42.0 Å². The lowest BCUT2D eigenvalue weighted by Crippen LogP contribution is -2.43. The molecule has 0 bridgehead atoms. The average Bonchev–Trinajstić information content (AvgIpc) is 3.01. The minimum Gasteiger partial charge on any atom is -0.496 e. The number of aryl methyl sites for hydroxylation is 1. The lowest BCUT2D eigenvalue weighted by Gasteiger charge is -2.14. The molecule has 0 saturated heterocycles. The van der Waals surface area contributed by atoms with Crippen LogP contribution >= 0.6 is 0 Å². The molecule has 0 aliphatic heterocycles. The largest absolute Gasteiger partial charge is 0.496 e. The highest BCUT2D eigenvalue weighted by molar-refractivity contribution is 5.74. The molecule has 0 saturated carbocycles. The molecule has 1 unspecified atom stereocenters. The van der Waals surface area contributed by atoms with Crippen LogP contribution in [0.4, 0.5) is 4.79 Å². The molecule has 1 aromatic carbocycles. The van der Waals surface area contributed by atoms with Gasteiger partial charge in [-0.05, 0) is 37.5 Å². The van der Waals surface area contributed by atoms with Crippen molar-refractivity contribution in [3.8, 4) is 5.75 Å². The van der Waals surface area contributed by atoms with Gasteiger partial charge in [-0.1, -0.05) is 12.1 Å². The van der Waals surface area contributed by atoms with Gasteiger partial charge in [-0.15, -0.1) is 0 Å². The van der Waals surface area contributed by atoms with Crippen LogP contribution in [0.15, 0.2) is 30.9 Å². The van der Waals surface area contributed by atoms with Gasteiger partial charge in [0, 0.05) is 12.6 Å². The first-order valence-electron chi connectivity index (χ1n) is 7.58. The predicted octanol–water partition coefficient (Wildman–Crippen LogP) is 1.53. The number of benzene rings is 1. The number of urea groups is 1. The molecule has 2 aromatic rings. The molecule has 0 fully saturated rings. The maximum absolute atomic E-state index is 11.9. The van der Waals surface area contributed by atoms with Gasteiger partial charge >= 0.3 is 6.03 Å². The van der Waals surface area contributed by atoms with E-state index in [1.165, 1.54) is 6.33 Å². The van der Waals surface area contributed by atoms with E-state index in [1.54, 1.807) is 18.1 Å². The van der Waals surface area contributed by atoms with Crippen molar-refractivity contribution in [2.24, 2.45) is 0 Å². The zero-order chi connectivity index (χ0) is 16.7. The van der Waals surface area contributed by atoms with Crippen LogP contribution < -0.4 is 15.4 Å². The van der Waals surface area contributed by atoms with Gasteiger partial charge in [0.05, 0.1) is 13.7 Å². The van der Waals surface area contributed by atoms with Crippen LogP contribution in [0.5, 0.6) is 5.75 Å². The van der Waals surface area contributed by atoms with Crippen LogP contribution in [0.1, 0.15) is 18.1 Å². The summed E-state index contributed by atoms with van der Waals surface area (Å²) in [7, 11) is 1.66. The first kappa shape index (κ1) is 16.8. The Labute approximate surface area is 136 Å². The monoisotopic (exact) mass is 317 g/mol. The Bertz CT molecular complexity index is 627. The van der Waals surface area contributed by atoms with Crippen LogP contribution in [0.25, 0.3) is 0 Å². The van der Waals surface area contributed by atoms with Gasteiger partial charge in [0.2, 0.25) is 0 Å². The van der Waals surface area contributed by atoms with Crippen molar-refractivity contribution in [2.75, 3.05) is 13.7 Å². The maximum Gasteiger partial charge on any atom is 0.315 e. The van der Waals surface area contributed by atoms with Crippen LogP contribution in [0.2, 0.25) is 0 Å². The summed E-state index contributed by atoms with van der Waals surface area (Å²) in [5, 5.41) is 9.74. The van der Waals surface area contributed by atoms with Gasteiger partial charge in [0.1, 0.15) is 18.4 Å². The highest BCUT2D eigenvalue weighted by Crippen LogP contribution is 2.18. The Morgan fingerprint density at radius 1 is 1.43 bits per heavy atom. The standard InChI is InChI=1S/C16H23N5O2/c1-12-4-5-14(8-15(12)23-3)6-7-18-16(22)20-13(2)9-21-11-17-10-19-21/h4-5,8,10-11,13H,6-7,9H2,1-3H3,(H2,18,20,22). The SMILES string of the molecule is COc1cc(CCNC(=O)NC(C)Cn2cncn2)ccc1C. The quantitative estimate of drug-likeness (QED) is 0.811. The Balaban J connectivity index is 1.72. The number of hydrogen-bond donors (Lipinski definition) is 2. The van der Waals surface area contributed by atoms with Gasteiger partial charge in [0.15, 0.2) is 0 Å². The molecule has 23 heavy (non-hydrogen) atoms. The molecule has 2 rings (SSSR count). The fraction of sp³-hybridized carbons (Fsp3) is 0.438. The molecular weight excluding hydrogens is 294 g/mol. The zero-order valence-corrected chi connectivity index (χ0v) is 13.7. The van der Waals surface area contributed by atoms with Gasteiger partial charge in [-0.3, -0.25) is 4.68 Å². The fourth-order valence-electron chi connectivity index (χ4n) is 2.27. The molecule has 7 nitrogen and oxygen atoms in total. The van der Waals surface area contributed by atoms with Gasteiger partial charge < -0.3 is 15.4 Å². The van der Waals surface area contributed by atoms with Crippen LogP contribution in [0, 0.1) is 6.92 Å². The van der Waals surface area contributed by atoms with E-state index in [1.807, 2.05) is 32.0 Å². The lowest BCUT2D eigenvalue weighted by molar-refractivity contribution is 0.236. The molecule has 1 heterocycles. The molecule has 0 aliphatic carbocycles. The molecule has 1 atom stereocenters. The molecule has 7 heteroatoms. The molecule has 2 N–H and O–H groups in total. The lowest BCUT2D eigenvalue weighted by atomic mass is 10.1. The topological polar surface area (TPSA) is 81.1 Å². The average molecular weight is 317 g/mol. The first-order chi connectivity index (χ1) is 11.1. The highest BCUT2D eigenvalue weighted by atomic mass is 16.5. The summed E-state index contributed by atoms with van der Waals surface area (Å²) in [6.07, 6.45) is 3.85. The second-order valence-corrected chi connectivity index (χ2v) is 5.47. The second-order valence-electron chi connectivity index (χ2n) is 5.47. The summed E-state index contributed by atoms with van der Waals surface area (Å²) in [6.45, 7) is 5.08. The summed E-state index contributed by atoms with van der Waals surface area (Å²) in [6, 6.07) is 5.86. The Morgan fingerprint density at radius 2 is 2.26 bits per heavy atom. The number of aromatic nitrogens is 3. The van der Waals surface area contributed by atoms with E-state index in [0.29, 0.717) is 13.1 Å². The van der Waals surface area contributed by atoms with Crippen LogP contribution in [0.3, 0.4) is 0 Å². The smallest absolute Gasteiger partial charge is 0.315 e. The van der Waals surface area contributed by atoms with Gasteiger partial charge in [-0.25, -0.2) is 9.78 Å². The molecule has 124 valence electrons. The third-order valence-corrected chi connectivity index (χ3v) is 3.48. The van der Waals surface area contributed by atoms with E-state index in [0.717, 1.165) is 23.3 Å². The third kappa shape index (κ3) is 5.28. The van der Waals surface area contributed by atoms with Crippen molar-refractivity contribution in [2.45, 2.75) is 32.9 Å². The van der Waals surface area contributed by atoms with Crippen molar-refractivity contribution >= 4 is 6.03 Å². The summed E-state index contributed by atoms with van der Waals surface area (Å²) in [4.78, 5) is 15.7. The van der Waals surface area contributed by atoms with Crippen molar-refractivity contribution in [1.82, 2.24) is 25.4 Å². The second kappa shape index (κ2) is 8.17. The number of carbonyl (C=O) groups is 1. The number of rotatable bonds is 7. The van der Waals surface area contributed by atoms with E-state index in [2.05, 4.69) is 20.7 Å². The van der Waals surface area contributed by atoms with Crippen LogP contribution in [-0.4, -0.2) is 40.5 Å². The predicted molar refractivity (Wildman–Crippen MR) is 87.5 cm³/mol. The third-order valence-electron chi connectivity index (χ3n) is 3.48. The minimum absolute atomic E-state index is 0.0313. The number of carbonyl (C=O) groups excluding carboxylic acids is 1. The van der Waals surface area contributed by atoms with Crippen molar-refractivity contribution in [1.29, 1.82) is 0 Å². The van der Waals surface area contributed by atoms with Crippen molar-refractivity contribution < 1.29 is 9.53 Å². The number of hydrogen-bond acceptors (Lipinski definition) is 4. The summed E-state index contributed by atoms with van der Waals surface area (Å²) >= 11 is 0. The molecule has 0 aliphatic rings. The molecule has 0 radical (unpaired) electrons.